The van der Waals surface area contributed by atoms with Gasteiger partial charge in [-0.15, -0.1) is 0 Å². The monoisotopic (exact) mass is 213 g/mol. The molecular weight excluding hydrogens is 198 g/mol. The van der Waals surface area contributed by atoms with E-state index in [0.717, 1.165) is 32.2 Å². The lowest BCUT2D eigenvalue weighted by molar-refractivity contribution is -0.762. The van der Waals surface area contributed by atoms with Gasteiger partial charge in [0.05, 0.1) is 0 Å². The summed E-state index contributed by atoms with van der Waals surface area (Å²) in [5.74, 6) is -0.680. The number of nitrogens with zero attached hydrogens (tertiary/aromatic N) is 2. The van der Waals surface area contributed by atoms with Crippen LogP contribution in [0.15, 0.2) is 10.7 Å². The van der Waals surface area contributed by atoms with E-state index in [1.165, 1.54) is 6.20 Å². The first-order chi connectivity index (χ1) is 7.18. The summed E-state index contributed by atoms with van der Waals surface area (Å²) < 4.78 is 6.16. The third kappa shape index (κ3) is 4.99. The van der Waals surface area contributed by atoms with Crippen LogP contribution in [0.4, 0.5) is 5.88 Å². The summed E-state index contributed by atoms with van der Waals surface area (Å²) in [6, 6.07) is 0. The molecule has 1 aromatic heterocycles. The van der Waals surface area contributed by atoms with Crippen molar-refractivity contribution in [2.45, 2.75) is 38.6 Å². The smallest absolute Gasteiger partial charge is 0.303 e. The summed E-state index contributed by atoms with van der Waals surface area (Å²) in [4.78, 5) is 10.2. The van der Waals surface area contributed by atoms with E-state index in [-0.39, 0.29) is 12.3 Å². The second-order valence-corrected chi connectivity index (χ2v) is 3.39. The number of hydrogen-bond acceptors (Lipinski definition) is 3. The lowest BCUT2D eigenvalue weighted by Gasteiger charge is -1.94. The van der Waals surface area contributed by atoms with Crippen LogP contribution in [-0.4, -0.2) is 16.3 Å². The third-order valence-corrected chi connectivity index (χ3v) is 2.04. The molecule has 15 heavy (non-hydrogen) atoms. The van der Waals surface area contributed by atoms with Gasteiger partial charge in [0.25, 0.3) is 0 Å². The van der Waals surface area contributed by atoms with E-state index in [2.05, 4.69) is 9.79 Å². The summed E-state index contributed by atoms with van der Waals surface area (Å²) in [6.45, 7) is 0.718. The molecule has 84 valence electrons. The molecular formula is C9H15N3O3. The maximum Gasteiger partial charge on any atom is 0.303 e. The van der Waals surface area contributed by atoms with Gasteiger partial charge in [-0.05, 0) is 12.8 Å². The van der Waals surface area contributed by atoms with E-state index in [0.29, 0.717) is 0 Å². The zero-order valence-electron chi connectivity index (χ0n) is 8.48. The first kappa shape index (κ1) is 11.5. The maximum absolute atomic E-state index is 10.2. The quantitative estimate of drug-likeness (QED) is 0.551. The Morgan fingerprint density at radius 2 is 2.20 bits per heavy atom. The topological polar surface area (TPSA) is 91.0 Å². The number of nitrogens with one attached hydrogen (secondary N) is 1. The molecule has 0 unspecified atom stereocenters. The number of carboxylic acid groups (broad SMARTS) is 1. The number of unbranched alkanes of at least 4 members (excludes halogenated alkanes) is 3. The predicted octanol–water partition coefficient (Wildman–Crippen LogP) is 1.68. The van der Waals surface area contributed by atoms with Crippen LogP contribution in [0.1, 0.15) is 32.1 Å². The Labute approximate surface area is 87.6 Å². The van der Waals surface area contributed by atoms with Crippen molar-refractivity contribution in [3.05, 3.63) is 11.9 Å². The van der Waals surface area contributed by atoms with Crippen molar-refractivity contribution in [3.63, 3.8) is 0 Å². The standard InChI is InChI=1S/C9H15N3O3/c10-8-7-12(11-15-8)6-4-2-1-3-5-9(13)14/h7H,1-6H2,(H2-,10,11,13,14). The Morgan fingerprint density at radius 3 is 2.80 bits per heavy atom. The van der Waals surface area contributed by atoms with Crippen LogP contribution in [0.3, 0.4) is 0 Å². The Hall–Kier alpha value is -1.59. The van der Waals surface area contributed by atoms with Gasteiger partial charge in [-0.3, -0.25) is 4.79 Å². The van der Waals surface area contributed by atoms with Gasteiger partial charge in [0.2, 0.25) is 6.20 Å². The minimum atomic E-state index is -0.736. The Kier molecular flexibility index (Phi) is 4.59. The molecule has 0 aliphatic heterocycles. The molecule has 0 saturated carbocycles. The zero-order valence-corrected chi connectivity index (χ0v) is 8.48. The van der Waals surface area contributed by atoms with Crippen molar-refractivity contribution in [2.75, 3.05) is 0 Å². The Balaban J connectivity index is 2.00. The maximum atomic E-state index is 10.2. The number of carboxylic acids is 1. The van der Waals surface area contributed by atoms with Crippen LogP contribution >= 0.6 is 0 Å². The molecule has 0 fully saturated rings. The molecule has 0 aromatic carbocycles. The summed E-state index contributed by atoms with van der Waals surface area (Å²) >= 11 is 0. The van der Waals surface area contributed by atoms with Crippen molar-refractivity contribution in [3.8, 4) is 0 Å². The van der Waals surface area contributed by atoms with Gasteiger partial charge in [0.1, 0.15) is 5.88 Å². The molecule has 6 nitrogen and oxygen atoms in total. The summed E-state index contributed by atoms with van der Waals surface area (Å²) in [6.07, 6.45) is 5.31. The molecule has 1 aromatic rings. The van der Waals surface area contributed by atoms with E-state index >= 15 is 0 Å². The van der Waals surface area contributed by atoms with Crippen LogP contribution in [0.25, 0.3) is 5.73 Å². The van der Waals surface area contributed by atoms with E-state index < -0.39 is 5.97 Å². The number of aryl methyl sites for hydroxylation is 1. The van der Waals surface area contributed by atoms with Crippen molar-refractivity contribution in [2.24, 2.45) is 0 Å². The number of hydrogen-bond donors (Lipinski definition) is 1. The second-order valence-electron chi connectivity index (χ2n) is 3.39. The predicted molar refractivity (Wildman–Crippen MR) is 51.4 cm³/mol. The average molecular weight is 213 g/mol. The van der Waals surface area contributed by atoms with Gasteiger partial charge in [-0.2, -0.15) is 0 Å². The van der Waals surface area contributed by atoms with E-state index in [4.69, 9.17) is 10.8 Å². The fourth-order valence-corrected chi connectivity index (χ4v) is 1.29. The number of aliphatic carboxylic acids is 1. The first-order valence-corrected chi connectivity index (χ1v) is 4.98. The minimum absolute atomic E-state index is 0.0564. The van der Waals surface area contributed by atoms with Crippen molar-refractivity contribution >= 4 is 11.9 Å². The van der Waals surface area contributed by atoms with E-state index in [1.54, 1.807) is 4.68 Å². The molecule has 0 atom stereocenters. The van der Waals surface area contributed by atoms with Gasteiger partial charge in [-0.1, -0.05) is 11.1 Å². The van der Waals surface area contributed by atoms with Crippen LogP contribution in [-0.2, 0) is 11.3 Å². The van der Waals surface area contributed by atoms with Crippen LogP contribution in [0.2, 0.25) is 0 Å². The normalized spacial score (nSPS) is 10.4. The zero-order chi connectivity index (χ0) is 11.1. The number of aromatic nitrogens is 2. The highest BCUT2D eigenvalue weighted by Crippen LogP contribution is 2.04. The molecule has 6 heteroatoms. The molecule has 0 radical (unpaired) electrons. The largest absolute Gasteiger partial charge is 0.660 e. The van der Waals surface area contributed by atoms with E-state index in [9.17, 15) is 4.79 Å². The Morgan fingerprint density at radius 1 is 1.47 bits per heavy atom. The molecule has 0 spiro atoms. The molecule has 2 N–H and O–H groups in total. The Bertz CT molecular complexity index is 311. The second kappa shape index (κ2) is 6.00. The highest BCUT2D eigenvalue weighted by atomic mass is 16.5. The number of rotatable bonds is 7. The third-order valence-electron chi connectivity index (χ3n) is 2.04. The van der Waals surface area contributed by atoms with Crippen molar-refractivity contribution < 1.29 is 19.1 Å². The summed E-state index contributed by atoms with van der Waals surface area (Å²) in [5, 5.41) is 12.0. The SMILES string of the molecule is [NH-]c1c[n+](CCCCCCC(=O)O)no1. The lowest BCUT2D eigenvalue weighted by atomic mass is 10.1. The van der Waals surface area contributed by atoms with Crippen molar-refractivity contribution in [1.82, 2.24) is 5.27 Å². The molecule has 0 amide bonds. The highest BCUT2D eigenvalue weighted by molar-refractivity contribution is 5.66. The van der Waals surface area contributed by atoms with Gasteiger partial charge in [0.15, 0.2) is 11.8 Å². The molecule has 0 saturated heterocycles. The fraction of sp³-hybridized carbons (Fsp3) is 0.667. The van der Waals surface area contributed by atoms with E-state index in [1.807, 2.05) is 0 Å². The summed E-state index contributed by atoms with van der Waals surface area (Å²) in [7, 11) is 0. The van der Waals surface area contributed by atoms with Crippen molar-refractivity contribution in [1.29, 1.82) is 0 Å². The highest BCUT2D eigenvalue weighted by Gasteiger charge is 2.04. The van der Waals surface area contributed by atoms with Gasteiger partial charge in [0, 0.05) is 12.8 Å². The average Bonchev–Trinajstić information content (AvgIpc) is 2.57. The first-order valence-electron chi connectivity index (χ1n) is 4.98. The molecule has 0 bridgehead atoms. The lowest BCUT2D eigenvalue weighted by Crippen LogP contribution is -2.34. The summed E-state index contributed by atoms with van der Waals surface area (Å²) in [5.41, 5.74) is 7.09. The van der Waals surface area contributed by atoms with Crippen LogP contribution in [0.5, 0.6) is 0 Å². The fourth-order valence-electron chi connectivity index (χ4n) is 1.29. The van der Waals surface area contributed by atoms with Crippen LogP contribution < -0.4 is 4.68 Å². The van der Waals surface area contributed by atoms with Crippen LogP contribution in [0, 0.1) is 0 Å². The van der Waals surface area contributed by atoms with Gasteiger partial charge < -0.3 is 15.4 Å². The molecule has 1 heterocycles. The number of carbonyl (C=O) groups is 1. The molecule has 1 rings (SSSR count). The minimum Gasteiger partial charge on any atom is -0.660 e. The van der Waals surface area contributed by atoms with Gasteiger partial charge >= 0.3 is 5.97 Å². The van der Waals surface area contributed by atoms with Gasteiger partial charge in [-0.25, -0.2) is 0 Å². The molecule has 0 aliphatic carbocycles. The molecule has 0 aliphatic rings.